The van der Waals surface area contributed by atoms with Crippen molar-refractivity contribution in [1.82, 2.24) is 0 Å². The van der Waals surface area contributed by atoms with Crippen LogP contribution in [-0.4, -0.2) is 25.7 Å². The third kappa shape index (κ3) is 7.44. The first-order chi connectivity index (χ1) is 12.9. The normalized spacial score (nSPS) is 10.4. The first-order valence-corrected chi connectivity index (χ1v) is 9.07. The van der Waals surface area contributed by atoms with Gasteiger partial charge in [0.15, 0.2) is 0 Å². The molecule has 5 heteroatoms. The summed E-state index contributed by atoms with van der Waals surface area (Å²) in [5.74, 6) is 1.78. The summed E-state index contributed by atoms with van der Waals surface area (Å²) >= 11 is 0. The molecule has 0 aliphatic carbocycles. The van der Waals surface area contributed by atoms with Gasteiger partial charge in [-0.2, -0.15) is 0 Å². The standard InChI is InChI=1S/C22H28N2O3/c1-16(2)14-26-19-11-9-18(10-12-19)23-13-22(25)24-20-7-5-6-8-21(20)27-15-17(3)4/h5-12,16,23H,3,13-15H2,1-2,4H3,(H,24,25). The number of anilines is 2. The molecule has 0 heterocycles. The monoisotopic (exact) mass is 368 g/mol. The maximum atomic E-state index is 12.2. The Morgan fingerprint density at radius 1 is 1.07 bits per heavy atom. The number of carbonyl (C=O) groups is 1. The number of ether oxygens (including phenoxy) is 2. The van der Waals surface area contributed by atoms with Gasteiger partial charge in [-0.3, -0.25) is 4.79 Å². The Morgan fingerprint density at radius 3 is 2.44 bits per heavy atom. The van der Waals surface area contributed by atoms with E-state index < -0.39 is 0 Å². The molecule has 0 atom stereocenters. The lowest BCUT2D eigenvalue weighted by Crippen LogP contribution is -2.22. The quantitative estimate of drug-likeness (QED) is 0.596. The third-order valence-electron chi connectivity index (χ3n) is 3.53. The fourth-order valence-corrected chi connectivity index (χ4v) is 2.21. The van der Waals surface area contributed by atoms with E-state index in [0.717, 1.165) is 17.0 Å². The number of nitrogens with one attached hydrogen (secondary N) is 2. The van der Waals surface area contributed by atoms with Crippen molar-refractivity contribution in [2.75, 3.05) is 30.4 Å². The summed E-state index contributed by atoms with van der Waals surface area (Å²) in [7, 11) is 0. The average molecular weight is 368 g/mol. The number of carbonyl (C=O) groups excluding carboxylic acids is 1. The third-order valence-corrected chi connectivity index (χ3v) is 3.53. The smallest absolute Gasteiger partial charge is 0.243 e. The van der Waals surface area contributed by atoms with Crippen LogP contribution in [-0.2, 0) is 4.79 Å². The summed E-state index contributed by atoms with van der Waals surface area (Å²) < 4.78 is 11.3. The number of hydrogen-bond acceptors (Lipinski definition) is 4. The predicted molar refractivity (Wildman–Crippen MR) is 111 cm³/mol. The van der Waals surface area contributed by atoms with E-state index in [1.54, 1.807) is 0 Å². The second kappa shape index (κ2) is 10.3. The number of hydrogen-bond donors (Lipinski definition) is 2. The highest BCUT2D eigenvalue weighted by Gasteiger charge is 2.08. The van der Waals surface area contributed by atoms with E-state index >= 15 is 0 Å². The van der Waals surface area contributed by atoms with Crippen LogP contribution in [0.5, 0.6) is 11.5 Å². The molecule has 0 saturated heterocycles. The zero-order valence-electron chi connectivity index (χ0n) is 16.2. The molecule has 0 aliphatic heterocycles. The molecule has 27 heavy (non-hydrogen) atoms. The Balaban J connectivity index is 1.85. The molecule has 1 amide bonds. The van der Waals surface area contributed by atoms with Crippen LogP contribution in [0.25, 0.3) is 0 Å². The van der Waals surface area contributed by atoms with Crippen LogP contribution in [0.4, 0.5) is 11.4 Å². The topological polar surface area (TPSA) is 59.6 Å². The fraction of sp³-hybridized carbons (Fsp3) is 0.318. The zero-order valence-corrected chi connectivity index (χ0v) is 16.2. The molecular weight excluding hydrogens is 340 g/mol. The van der Waals surface area contributed by atoms with Crippen molar-refractivity contribution in [2.45, 2.75) is 20.8 Å². The van der Waals surface area contributed by atoms with Crippen molar-refractivity contribution >= 4 is 17.3 Å². The zero-order chi connectivity index (χ0) is 19.6. The highest BCUT2D eigenvalue weighted by molar-refractivity contribution is 5.95. The summed E-state index contributed by atoms with van der Waals surface area (Å²) in [5.41, 5.74) is 2.41. The van der Waals surface area contributed by atoms with Gasteiger partial charge in [-0.15, -0.1) is 0 Å². The van der Waals surface area contributed by atoms with E-state index in [1.165, 1.54) is 0 Å². The van der Waals surface area contributed by atoms with Gasteiger partial charge >= 0.3 is 0 Å². The summed E-state index contributed by atoms with van der Waals surface area (Å²) in [6, 6.07) is 14.9. The van der Waals surface area contributed by atoms with Gasteiger partial charge in [0.2, 0.25) is 5.91 Å². The highest BCUT2D eigenvalue weighted by Crippen LogP contribution is 2.24. The SMILES string of the molecule is C=C(C)COc1ccccc1NC(=O)CNc1ccc(OCC(C)C)cc1. The van der Waals surface area contributed by atoms with Gasteiger partial charge in [-0.25, -0.2) is 0 Å². The van der Waals surface area contributed by atoms with Crippen molar-refractivity contribution < 1.29 is 14.3 Å². The molecule has 144 valence electrons. The molecule has 0 spiro atoms. The Labute approximate surface area is 161 Å². The molecule has 5 nitrogen and oxygen atoms in total. The molecule has 0 aliphatic rings. The molecule has 0 aromatic heterocycles. The number of para-hydroxylation sites is 2. The minimum Gasteiger partial charge on any atom is -0.493 e. The summed E-state index contributed by atoms with van der Waals surface area (Å²) in [5, 5.41) is 5.97. The van der Waals surface area contributed by atoms with Crippen LogP contribution >= 0.6 is 0 Å². The molecule has 2 N–H and O–H groups in total. The molecule has 2 aromatic carbocycles. The molecule has 0 fully saturated rings. The lowest BCUT2D eigenvalue weighted by molar-refractivity contribution is -0.114. The van der Waals surface area contributed by atoms with Gasteiger partial charge in [-0.1, -0.05) is 32.6 Å². The van der Waals surface area contributed by atoms with Crippen LogP contribution in [0.3, 0.4) is 0 Å². The number of benzene rings is 2. The first-order valence-electron chi connectivity index (χ1n) is 9.07. The van der Waals surface area contributed by atoms with E-state index in [9.17, 15) is 4.79 Å². The maximum absolute atomic E-state index is 12.2. The molecular formula is C22H28N2O3. The first kappa shape index (κ1) is 20.4. The summed E-state index contributed by atoms with van der Waals surface area (Å²) in [6.07, 6.45) is 0. The van der Waals surface area contributed by atoms with Crippen molar-refractivity contribution in [2.24, 2.45) is 5.92 Å². The van der Waals surface area contributed by atoms with Gasteiger partial charge < -0.3 is 20.1 Å². The largest absolute Gasteiger partial charge is 0.493 e. The number of rotatable bonds is 10. The van der Waals surface area contributed by atoms with Crippen LogP contribution in [0.1, 0.15) is 20.8 Å². The lowest BCUT2D eigenvalue weighted by atomic mass is 10.2. The van der Waals surface area contributed by atoms with Gasteiger partial charge in [0.25, 0.3) is 0 Å². The highest BCUT2D eigenvalue weighted by atomic mass is 16.5. The van der Waals surface area contributed by atoms with Crippen LogP contribution in [0.2, 0.25) is 0 Å². The van der Waals surface area contributed by atoms with Crippen LogP contribution < -0.4 is 20.1 Å². The van der Waals surface area contributed by atoms with E-state index in [1.807, 2.05) is 55.5 Å². The molecule has 0 bridgehead atoms. The minimum absolute atomic E-state index is 0.151. The van der Waals surface area contributed by atoms with Gasteiger partial charge in [0.05, 0.1) is 18.8 Å². The summed E-state index contributed by atoms with van der Waals surface area (Å²) in [6.45, 7) is 11.2. The Bertz CT molecular complexity index is 754. The minimum atomic E-state index is -0.151. The fourth-order valence-electron chi connectivity index (χ4n) is 2.21. The Hall–Kier alpha value is -2.95. The Morgan fingerprint density at radius 2 is 1.78 bits per heavy atom. The van der Waals surface area contributed by atoms with Crippen molar-refractivity contribution in [3.63, 3.8) is 0 Å². The van der Waals surface area contributed by atoms with E-state index in [2.05, 4.69) is 31.1 Å². The van der Waals surface area contributed by atoms with Crippen LogP contribution in [0.15, 0.2) is 60.7 Å². The van der Waals surface area contributed by atoms with E-state index in [0.29, 0.717) is 30.6 Å². The van der Waals surface area contributed by atoms with Crippen molar-refractivity contribution in [3.05, 3.63) is 60.7 Å². The second-order valence-corrected chi connectivity index (χ2v) is 6.87. The predicted octanol–water partition coefficient (Wildman–Crippen LogP) is 4.73. The van der Waals surface area contributed by atoms with E-state index in [-0.39, 0.29) is 12.5 Å². The molecule has 2 rings (SSSR count). The molecule has 2 aromatic rings. The Kier molecular flexibility index (Phi) is 7.74. The molecule has 0 radical (unpaired) electrons. The van der Waals surface area contributed by atoms with Crippen molar-refractivity contribution in [3.8, 4) is 11.5 Å². The van der Waals surface area contributed by atoms with Gasteiger partial charge in [0, 0.05) is 5.69 Å². The number of amides is 1. The molecule has 0 saturated carbocycles. The van der Waals surface area contributed by atoms with E-state index in [4.69, 9.17) is 9.47 Å². The average Bonchev–Trinajstić information content (AvgIpc) is 2.64. The van der Waals surface area contributed by atoms with Gasteiger partial charge in [0.1, 0.15) is 18.1 Å². The molecule has 0 unspecified atom stereocenters. The second-order valence-electron chi connectivity index (χ2n) is 6.87. The maximum Gasteiger partial charge on any atom is 0.243 e. The summed E-state index contributed by atoms with van der Waals surface area (Å²) in [4.78, 5) is 12.2. The van der Waals surface area contributed by atoms with Crippen molar-refractivity contribution in [1.29, 1.82) is 0 Å². The van der Waals surface area contributed by atoms with Gasteiger partial charge in [-0.05, 0) is 54.8 Å². The lowest BCUT2D eigenvalue weighted by Gasteiger charge is -2.13. The van der Waals surface area contributed by atoms with Crippen LogP contribution in [0, 0.1) is 5.92 Å².